The van der Waals surface area contributed by atoms with E-state index in [1.807, 2.05) is 37.5 Å². The summed E-state index contributed by atoms with van der Waals surface area (Å²) in [4.78, 5) is 8.99. The van der Waals surface area contributed by atoms with Gasteiger partial charge >= 0.3 is 0 Å². The second kappa shape index (κ2) is 5.53. The van der Waals surface area contributed by atoms with Crippen molar-refractivity contribution in [3.63, 3.8) is 0 Å². The number of aromatic nitrogens is 3. The third-order valence-corrected chi connectivity index (χ3v) is 3.64. The molecule has 0 saturated carbocycles. The van der Waals surface area contributed by atoms with Gasteiger partial charge in [-0.15, -0.1) is 0 Å². The van der Waals surface area contributed by atoms with Crippen LogP contribution in [0.3, 0.4) is 0 Å². The first-order valence-corrected chi connectivity index (χ1v) is 6.86. The second-order valence-electron chi connectivity index (χ2n) is 5.13. The highest BCUT2D eigenvalue weighted by atomic mass is 16.5. The molecule has 1 unspecified atom stereocenters. The summed E-state index contributed by atoms with van der Waals surface area (Å²) in [5, 5.41) is 0. The molecule has 4 nitrogen and oxygen atoms in total. The van der Waals surface area contributed by atoms with Crippen LogP contribution in [0.4, 0.5) is 0 Å². The molecule has 1 atom stereocenters. The fraction of sp³-hybridized carbons (Fsp3) is 0.467. The van der Waals surface area contributed by atoms with Crippen molar-refractivity contribution in [1.29, 1.82) is 0 Å². The summed E-state index contributed by atoms with van der Waals surface area (Å²) < 4.78 is 7.61. The summed E-state index contributed by atoms with van der Waals surface area (Å²) in [5.74, 6) is 1.66. The highest BCUT2D eigenvalue weighted by Gasteiger charge is 2.16. The molecule has 0 spiro atoms. The molecule has 0 N–H and O–H groups in total. The highest BCUT2D eigenvalue weighted by Crippen LogP contribution is 2.20. The summed E-state index contributed by atoms with van der Waals surface area (Å²) in [6, 6.07) is 6.05. The number of hydrogen-bond donors (Lipinski definition) is 0. The summed E-state index contributed by atoms with van der Waals surface area (Å²) in [6.45, 7) is 4.82. The zero-order chi connectivity index (χ0) is 13.1. The van der Waals surface area contributed by atoms with Gasteiger partial charge in [0.05, 0.1) is 0 Å². The van der Waals surface area contributed by atoms with Crippen LogP contribution in [0.15, 0.2) is 30.6 Å². The molecule has 4 heteroatoms. The highest BCUT2D eigenvalue weighted by molar-refractivity contribution is 5.49. The molecule has 19 heavy (non-hydrogen) atoms. The monoisotopic (exact) mass is 257 g/mol. The predicted molar refractivity (Wildman–Crippen MR) is 73.7 cm³/mol. The van der Waals surface area contributed by atoms with E-state index in [0.29, 0.717) is 5.92 Å². The maximum Gasteiger partial charge on any atom is 0.158 e. The number of rotatable bonds is 4. The van der Waals surface area contributed by atoms with Crippen LogP contribution in [0.2, 0.25) is 0 Å². The smallest absolute Gasteiger partial charge is 0.158 e. The Morgan fingerprint density at radius 1 is 1.42 bits per heavy atom. The lowest BCUT2D eigenvalue weighted by Crippen LogP contribution is -2.07. The summed E-state index contributed by atoms with van der Waals surface area (Å²) >= 11 is 0. The van der Waals surface area contributed by atoms with Gasteiger partial charge in [0.15, 0.2) is 5.82 Å². The van der Waals surface area contributed by atoms with Crippen molar-refractivity contribution in [2.45, 2.75) is 26.3 Å². The van der Waals surface area contributed by atoms with E-state index in [1.165, 1.54) is 6.42 Å². The molecule has 1 saturated heterocycles. The van der Waals surface area contributed by atoms with Crippen molar-refractivity contribution in [2.24, 2.45) is 5.92 Å². The fourth-order valence-electron chi connectivity index (χ4n) is 2.52. The van der Waals surface area contributed by atoms with Crippen molar-refractivity contribution in [3.05, 3.63) is 36.3 Å². The number of imidazole rings is 1. The van der Waals surface area contributed by atoms with Gasteiger partial charge in [0.1, 0.15) is 5.69 Å². The Morgan fingerprint density at radius 2 is 2.37 bits per heavy atom. The predicted octanol–water partition coefficient (Wildman–Crippen LogP) is 2.68. The summed E-state index contributed by atoms with van der Waals surface area (Å²) in [5.41, 5.74) is 1.98. The zero-order valence-corrected chi connectivity index (χ0v) is 11.2. The Morgan fingerprint density at radius 3 is 3.16 bits per heavy atom. The fourth-order valence-corrected chi connectivity index (χ4v) is 2.52. The van der Waals surface area contributed by atoms with E-state index in [4.69, 9.17) is 4.74 Å². The van der Waals surface area contributed by atoms with Crippen molar-refractivity contribution < 1.29 is 4.74 Å². The molecule has 3 rings (SSSR count). The number of nitrogens with zero attached hydrogens (tertiary/aromatic N) is 3. The molecule has 1 aliphatic heterocycles. The van der Waals surface area contributed by atoms with Crippen molar-refractivity contribution in [2.75, 3.05) is 13.2 Å². The SMILES string of the molecule is Cc1cccc(-c2nccn2CCC2CCOC2)n1. The Balaban J connectivity index is 1.74. The van der Waals surface area contributed by atoms with Crippen LogP contribution in [-0.2, 0) is 11.3 Å². The van der Waals surface area contributed by atoms with Gasteiger partial charge in [-0.2, -0.15) is 0 Å². The van der Waals surface area contributed by atoms with Crippen LogP contribution in [0, 0.1) is 12.8 Å². The van der Waals surface area contributed by atoms with E-state index in [2.05, 4.69) is 14.5 Å². The lowest BCUT2D eigenvalue weighted by Gasteiger charge is -2.10. The molecule has 2 aromatic rings. The van der Waals surface area contributed by atoms with Crippen LogP contribution in [0.25, 0.3) is 11.5 Å². The lowest BCUT2D eigenvalue weighted by atomic mass is 10.1. The van der Waals surface area contributed by atoms with Crippen LogP contribution >= 0.6 is 0 Å². The number of pyridine rings is 1. The molecule has 100 valence electrons. The quantitative estimate of drug-likeness (QED) is 0.845. The largest absolute Gasteiger partial charge is 0.381 e. The average Bonchev–Trinajstić information content (AvgIpc) is 3.08. The van der Waals surface area contributed by atoms with E-state index in [-0.39, 0.29) is 0 Å². The van der Waals surface area contributed by atoms with Gasteiger partial charge < -0.3 is 9.30 Å². The first-order valence-electron chi connectivity index (χ1n) is 6.86. The molecule has 0 bridgehead atoms. The average molecular weight is 257 g/mol. The van der Waals surface area contributed by atoms with E-state index >= 15 is 0 Å². The summed E-state index contributed by atoms with van der Waals surface area (Å²) in [6.07, 6.45) is 6.22. The molecule has 0 aromatic carbocycles. The van der Waals surface area contributed by atoms with Gasteiger partial charge in [-0.1, -0.05) is 6.07 Å². The normalized spacial score (nSPS) is 18.9. The molecule has 3 heterocycles. The van der Waals surface area contributed by atoms with Gasteiger partial charge in [-0.05, 0) is 37.8 Å². The first kappa shape index (κ1) is 12.4. The topological polar surface area (TPSA) is 39.9 Å². The molecular formula is C15H19N3O. The molecule has 1 aliphatic rings. The van der Waals surface area contributed by atoms with Gasteiger partial charge in [0.25, 0.3) is 0 Å². The van der Waals surface area contributed by atoms with E-state index in [0.717, 1.165) is 43.4 Å². The van der Waals surface area contributed by atoms with Crippen molar-refractivity contribution in [3.8, 4) is 11.5 Å². The molecule has 0 aliphatic carbocycles. The molecule has 0 radical (unpaired) electrons. The molecule has 0 amide bonds. The Labute approximate surface area is 113 Å². The minimum atomic E-state index is 0.695. The third-order valence-electron chi connectivity index (χ3n) is 3.64. The van der Waals surface area contributed by atoms with Crippen molar-refractivity contribution in [1.82, 2.24) is 14.5 Å². The lowest BCUT2D eigenvalue weighted by molar-refractivity contribution is 0.183. The van der Waals surface area contributed by atoms with E-state index in [1.54, 1.807) is 0 Å². The molecular weight excluding hydrogens is 238 g/mol. The second-order valence-corrected chi connectivity index (χ2v) is 5.13. The first-order chi connectivity index (χ1) is 9.33. The van der Waals surface area contributed by atoms with Gasteiger partial charge in [0, 0.05) is 37.8 Å². The zero-order valence-electron chi connectivity index (χ0n) is 11.2. The standard InChI is InChI=1S/C15H19N3O/c1-12-3-2-4-14(17-12)15-16-7-9-18(15)8-5-13-6-10-19-11-13/h2-4,7,9,13H,5-6,8,10-11H2,1H3. The van der Waals surface area contributed by atoms with Crippen LogP contribution in [0.5, 0.6) is 0 Å². The number of ether oxygens (including phenoxy) is 1. The molecule has 2 aromatic heterocycles. The Bertz CT molecular complexity index is 544. The number of aryl methyl sites for hydroxylation is 2. The minimum absolute atomic E-state index is 0.695. The van der Waals surface area contributed by atoms with Gasteiger partial charge in [-0.25, -0.2) is 9.97 Å². The van der Waals surface area contributed by atoms with Gasteiger partial charge in [0.2, 0.25) is 0 Å². The number of hydrogen-bond acceptors (Lipinski definition) is 3. The minimum Gasteiger partial charge on any atom is -0.381 e. The maximum absolute atomic E-state index is 5.42. The van der Waals surface area contributed by atoms with Crippen LogP contribution in [0.1, 0.15) is 18.5 Å². The maximum atomic E-state index is 5.42. The van der Waals surface area contributed by atoms with Crippen molar-refractivity contribution >= 4 is 0 Å². The Hall–Kier alpha value is -1.68. The summed E-state index contributed by atoms with van der Waals surface area (Å²) in [7, 11) is 0. The Kier molecular flexibility index (Phi) is 3.60. The molecule has 1 fully saturated rings. The van der Waals surface area contributed by atoms with Crippen LogP contribution in [-0.4, -0.2) is 27.7 Å². The third kappa shape index (κ3) is 2.84. The van der Waals surface area contributed by atoms with E-state index < -0.39 is 0 Å². The van der Waals surface area contributed by atoms with Gasteiger partial charge in [-0.3, -0.25) is 0 Å². The van der Waals surface area contributed by atoms with E-state index in [9.17, 15) is 0 Å². The van der Waals surface area contributed by atoms with Crippen LogP contribution < -0.4 is 0 Å².